The van der Waals surface area contributed by atoms with Gasteiger partial charge in [-0.2, -0.15) is 0 Å². The van der Waals surface area contributed by atoms with Gasteiger partial charge in [0.1, 0.15) is 0 Å². The molecule has 5 aliphatic carbocycles. The predicted molar refractivity (Wildman–Crippen MR) is 418 cm³/mol. The van der Waals surface area contributed by atoms with Gasteiger partial charge in [-0.1, -0.05) is 271 Å². The molecule has 18 rings (SSSR count). The second-order valence-corrected chi connectivity index (χ2v) is 28.7. The van der Waals surface area contributed by atoms with E-state index in [4.69, 9.17) is 0 Å². The Kier molecular flexibility index (Phi) is 14.3. The van der Waals surface area contributed by atoms with Gasteiger partial charge in [-0.05, 0) is 249 Å². The van der Waals surface area contributed by atoms with Crippen LogP contribution >= 0.6 is 0 Å². The van der Waals surface area contributed by atoms with E-state index in [1.54, 1.807) is 5.57 Å². The second kappa shape index (κ2) is 23.6. The van der Waals surface area contributed by atoms with Gasteiger partial charge >= 0.3 is 0 Å². The molecular formula is C97H76N2. The number of benzene rings is 13. The van der Waals surface area contributed by atoms with Gasteiger partial charge in [0.2, 0.25) is 0 Å². The summed E-state index contributed by atoms with van der Waals surface area (Å²) < 4.78 is 0. The number of hydrogen-bond donors (Lipinski definition) is 0. The fourth-order valence-electron chi connectivity index (χ4n) is 17.4. The zero-order valence-electron chi connectivity index (χ0n) is 56.6. The maximum Gasteiger partial charge on any atom is 0.0468 e. The Labute approximate surface area is 583 Å². The van der Waals surface area contributed by atoms with Crippen LogP contribution in [0.2, 0.25) is 0 Å². The van der Waals surface area contributed by atoms with Crippen molar-refractivity contribution >= 4 is 51.8 Å². The van der Waals surface area contributed by atoms with Crippen LogP contribution in [0.4, 0.5) is 34.1 Å². The Hall–Kier alpha value is -11.6. The number of allylic oxidation sites excluding steroid dienone is 4. The first-order valence-corrected chi connectivity index (χ1v) is 35.2. The lowest BCUT2D eigenvalue weighted by molar-refractivity contribution is 0.607. The minimum atomic E-state index is -0.142. The van der Waals surface area contributed by atoms with Crippen LogP contribution in [0, 0.1) is 0 Å². The molecule has 13 aromatic rings. The topological polar surface area (TPSA) is 6.48 Å². The van der Waals surface area contributed by atoms with Crippen LogP contribution in [0.3, 0.4) is 0 Å². The van der Waals surface area contributed by atoms with Gasteiger partial charge in [-0.3, -0.25) is 0 Å². The molecule has 2 unspecified atom stereocenters. The predicted octanol–water partition coefficient (Wildman–Crippen LogP) is 26.1. The summed E-state index contributed by atoms with van der Waals surface area (Å²) in [6.45, 7) is 17.7. The molecule has 2 nitrogen and oxygen atoms in total. The van der Waals surface area contributed by atoms with E-state index >= 15 is 0 Å². The third kappa shape index (κ3) is 9.98. The molecule has 0 saturated carbocycles. The van der Waals surface area contributed by atoms with Crippen LogP contribution in [0.1, 0.15) is 119 Å². The third-order valence-corrected chi connectivity index (χ3v) is 22.6. The van der Waals surface area contributed by atoms with Crippen molar-refractivity contribution in [2.75, 3.05) is 9.80 Å². The van der Waals surface area contributed by atoms with E-state index in [2.05, 4.69) is 354 Å². The number of hydrogen-bond acceptors (Lipinski definition) is 2. The summed E-state index contributed by atoms with van der Waals surface area (Å²) >= 11 is 0. The minimum Gasteiger partial charge on any atom is -0.310 e. The van der Waals surface area contributed by atoms with E-state index in [9.17, 15) is 0 Å². The van der Waals surface area contributed by atoms with Crippen LogP contribution in [0.5, 0.6) is 0 Å². The summed E-state index contributed by atoms with van der Waals surface area (Å²) in [5.41, 5.74) is 40.2. The Morgan fingerprint density at radius 3 is 1.37 bits per heavy atom. The lowest BCUT2D eigenvalue weighted by Crippen LogP contribution is -2.18. The molecule has 2 atom stereocenters. The molecule has 0 heterocycles. The number of fused-ring (bicyclic) bond motifs is 11. The van der Waals surface area contributed by atoms with Crippen molar-refractivity contribution in [2.45, 2.75) is 69.6 Å². The molecule has 0 radical (unpaired) electrons. The van der Waals surface area contributed by atoms with E-state index in [-0.39, 0.29) is 22.7 Å². The van der Waals surface area contributed by atoms with E-state index in [1.807, 2.05) is 12.2 Å². The largest absolute Gasteiger partial charge is 0.310 e. The first-order chi connectivity index (χ1) is 48.5. The number of nitrogens with zero attached hydrogens (tertiary/aromatic N) is 2. The lowest BCUT2D eigenvalue weighted by Gasteiger charge is -2.29. The van der Waals surface area contributed by atoms with Gasteiger partial charge in [0, 0.05) is 56.8 Å². The van der Waals surface area contributed by atoms with Gasteiger partial charge in [0.25, 0.3) is 0 Å². The first-order valence-electron chi connectivity index (χ1n) is 35.2. The molecule has 13 aromatic carbocycles. The highest BCUT2D eigenvalue weighted by Gasteiger charge is 2.40. The normalized spacial score (nSPS) is 15.8. The number of rotatable bonds is 14. The molecule has 0 bridgehead atoms. The molecule has 5 aliphatic rings. The van der Waals surface area contributed by atoms with Gasteiger partial charge in [-0.25, -0.2) is 0 Å². The zero-order chi connectivity index (χ0) is 66.7. The van der Waals surface area contributed by atoms with Crippen molar-refractivity contribution in [1.29, 1.82) is 0 Å². The van der Waals surface area contributed by atoms with Crippen molar-refractivity contribution in [1.82, 2.24) is 0 Å². The summed E-state index contributed by atoms with van der Waals surface area (Å²) in [5, 5.41) is 0. The van der Waals surface area contributed by atoms with E-state index < -0.39 is 0 Å². The summed E-state index contributed by atoms with van der Waals surface area (Å²) in [6.07, 6.45) is 11.7. The Morgan fingerprint density at radius 2 is 0.768 bits per heavy atom. The second-order valence-electron chi connectivity index (χ2n) is 28.7. The minimum absolute atomic E-state index is 0.0609. The average molecular weight is 1270 g/mol. The van der Waals surface area contributed by atoms with Crippen molar-refractivity contribution in [3.8, 4) is 66.8 Å². The zero-order valence-corrected chi connectivity index (χ0v) is 56.6. The average Bonchev–Trinajstić information content (AvgIpc) is 1.61. The van der Waals surface area contributed by atoms with E-state index in [0.717, 1.165) is 64.5 Å². The highest BCUT2D eigenvalue weighted by Crippen LogP contribution is 2.56. The SMILES string of the molecule is C=Cc1ccc(-c2ccc(N(c3ccc(-c4ccc5c(c4)-c4cc(-c6ccc7c(c6)-c6cc(N(c8ccc(C=C)cc8)c8ccc9c(c8)C(C)(C)C8=C9C=CCC8)ccc6C7Cc6ccccc6)ccc4C5c4ccccc4)cc3)c3ccc4c(c3)C(C)(C)c3ccccc3-4)cc2)cc1. The van der Waals surface area contributed by atoms with Crippen LogP contribution < -0.4 is 9.80 Å². The Bertz CT molecular complexity index is 5470. The Balaban J connectivity index is 0.722. The molecule has 0 saturated heterocycles. The van der Waals surface area contributed by atoms with Crippen LogP contribution in [0.15, 0.2) is 322 Å². The van der Waals surface area contributed by atoms with Gasteiger partial charge in [0.15, 0.2) is 0 Å². The standard InChI is InChI=1S/C97H76N2/c1-7-62-27-31-65(32-28-62)66-33-42-73(43-34-66)98(76-47-53-82-80-23-15-17-25-91(80)96(3,4)93(82)60-76)74-44-35-67(36-45-74)69-38-50-84-88(56-69)89-58-71(39-51-85(89)95(84)68-21-13-10-14-22-68)70-37-49-78-86(55-64-19-11-9-12-20-64)79-52-46-75(59-90(79)87(78)57-70)99(72-40-29-63(8-2)30-41-72)77-48-54-83-81-24-16-18-26-92(81)97(5,6)94(83)61-77/h7-17,19-25,27-54,56-61,86,95H,1-2,18,26,55H2,3-6H3. The lowest BCUT2D eigenvalue weighted by atomic mass is 9.78. The highest BCUT2D eigenvalue weighted by molar-refractivity contribution is 5.94. The summed E-state index contributed by atoms with van der Waals surface area (Å²) in [7, 11) is 0. The summed E-state index contributed by atoms with van der Waals surface area (Å²) in [6, 6.07) is 110. The first kappa shape index (κ1) is 59.9. The molecule has 474 valence electrons. The van der Waals surface area contributed by atoms with Crippen molar-refractivity contribution in [2.24, 2.45) is 0 Å². The highest BCUT2D eigenvalue weighted by atomic mass is 15.1. The van der Waals surface area contributed by atoms with Gasteiger partial charge in [-0.15, -0.1) is 0 Å². The van der Waals surface area contributed by atoms with Gasteiger partial charge in [0.05, 0.1) is 0 Å². The van der Waals surface area contributed by atoms with Crippen LogP contribution in [-0.4, -0.2) is 0 Å². The quantitative estimate of drug-likeness (QED) is 0.107. The molecule has 0 spiro atoms. The van der Waals surface area contributed by atoms with Crippen LogP contribution in [0.25, 0.3) is 84.5 Å². The molecule has 99 heavy (non-hydrogen) atoms. The number of anilines is 6. The molecule has 0 N–H and O–H groups in total. The maximum absolute atomic E-state index is 4.11. The smallest absolute Gasteiger partial charge is 0.0468 e. The fourth-order valence-corrected chi connectivity index (χ4v) is 17.4. The van der Waals surface area contributed by atoms with E-state index in [0.29, 0.717) is 0 Å². The molecule has 0 aromatic heterocycles. The van der Waals surface area contributed by atoms with Gasteiger partial charge < -0.3 is 9.80 Å². The molecule has 2 heteroatoms. The maximum atomic E-state index is 4.11. The fraction of sp³-hybridized carbons (Fsp3) is 0.113. The van der Waals surface area contributed by atoms with Crippen molar-refractivity contribution in [3.63, 3.8) is 0 Å². The summed E-state index contributed by atoms with van der Waals surface area (Å²) in [5.74, 6) is 0.303. The monoisotopic (exact) mass is 1270 g/mol. The van der Waals surface area contributed by atoms with E-state index in [1.165, 1.54) is 128 Å². The molecular weight excluding hydrogens is 1190 g/mol. The van der Waals surface area contributed by atoms with Crippen molar-refractivity contribution < 1.29 is 0 Å². The molecule has 0 fully saturated rings. The molecule has 0 amide bonds. The van der Waals surface area contributed by atoms with Crippen LogP contribution in [-0.2, 0) is 17.3 Å². The Morgan fingerprint density at radius 1 is 0.354 bits per heavy atom. The molecule has 0 aliphatic heterocycles. The third-order valence-electron chi connectivity index (χ3n) is 22.6. The van der Waals surface area contributed by atoms with Crippen molar-refractivity contribution in [3.05, 3.63) is 389 Å². The summed E-state index contributed by atoms with van der Waals surface area (Å²) in [4.78, 5) is 4.90.